The van der Waals surface area contributed by atoms with Crippen LogP contribution >= 0.6 is 24.0 Å². The zero-order valence-electron chi connectivity index (χ0n) is 10.3. The van der Waals surface area contributed by atoms with Gasteiger partial charge in [0.25, 0.3) is 0 Å². The van der Waals surface area contributed by atoms with E-state index in [-0.39, 0.29) is 24.2 Å². The molecule has 1 aromatic carbocycles. The summed E-state index contributed by atoms with van der Waals surface area (Å²) in [4.78, 5) is 11.9. The molecule has 1 amide bonds. The Kier molecular flexibility index (Phi) is 5.93. The highest BCUT2D eigenvalue weighted by molar-refractivity contribution is 6.30. The van der Waals surface area contributed by atoms with Gasteiger partial charge in [-0.2, -0.15) is 0 Å². The van der Waals surface area contributed by atoms with Crippen molar-refractivity contribution in [1.29, 1.82) is 0 Å². The van der Waals surface area contributed by atoms with E-state index in [1.54, 1.807) is 0 Å². The monoisotopic (exact) mass is 288 g/mol. The molecule has 1 unspecified atom stereocenters. The van der Waals surface area contributed by atoms with E-state index in [9.17, 15) is 4.79 Å². The molecule has 1 atom stereocenters. The van der Waals surface area contributed by atoms with E-state index in [1.165, 1.54) is 0 Å². The van der Waals surface area contributed by atoms with Crippen LogP contribution in [0.1, 0.15) is 18.4 Å². The van der Waals surface area contributed by atoms with Crippen LogP contribution in [0.4, 0.5) is 0 Å². The van der Waals surface area contributed by atoms with E-state index in [1.807, 2.05) is 31.2 Å². The van der Waals surface area contributed by atoms with Crippen LogP contribution in [0.2, 0.25) is 5.02 Å². The normalized spacial score (nSPS) is 16.3. The molecule has 0 spiro atoms. The molecule has 0 aliphatic carbocycles. The highest BCUT2D eigenvalue weighted by Crippen LogP contribution is 2.19. The van der Waals surface area contributed by atoms with Gasteiger partial charge in [-0.1, -0.05) is 23.7 Å². The Balaban J connectivity index is 0.00000162. The van der Waals surface area contributed by atoms with E-state index in [4.69, 9.17) is 11.6 Å². The standard InChI is InChI=1S/C13H17ClN2O.ClH/c1-9(11-3-2-4-12(14)5-11)13(17)16-8-10-6-15-7-10;/h2-5,9-10,15H,6-8H2,1H3,(H,16,17);1H. The molecular formula is C13H18Cl2N2O. The second-order valence-corrected chi connectivity index (χ2v) is 4.98. The third kappa shape index (κ3) is 3.87. The number of amides is 1. The van der Waals surface area contributed by atoms with Crippen LogP contribution in [0.5, 0.6) is 0 Å². The Hall–Kier alpha value is -0.770. The van der Waals surface area contributed by atoms with Gasteiger partial charge in [0.15, 0.2) is 0 Å². The number of carbonyl (C=O) groups is 1. The molecule has 2 rings (SSSR count). The van der Waals surface area contributed by atoms with Crippen LogP contribution in [0.15, 0.2) is 24.3 Å². The van der Waals surface area contributed by atoms with Crippen LogP contribution in [0, 0.1) is 5.92 Å². The fraction of sp³-hybridized carbons (Fsp3) is 0.462. The van der Waals surface area contributed by atoms with Crippen LogP contribution in [-0.2, 0) is 4.79 Å². The Labute approximate surface area is 119 Å². The number of carbonyl (C=O) groups excluding carboxylic acids is 1. The molecule has 1 aliphatic heterocycles. The number of hydrogen-bond donors (Lipinski definition) is 2. The average Bonchev–Trinajstić information content (AvgIpc) is 2.25. The quantitative estimate of drug-likeness (QED) is 0.892. The molecule has 100 valence electrons. The van der Waals surface area contributed by atoms with Crippen molar-refractivity contribution in [2.45, 2.75) is 12.8 Å². The molecule has 3 nitrogen and oxygen atoms in total. The topological polar surface area (TPSA) is 41.1 Å². The van der Waals surface area contributed by atoms with Crippen LogP contribution < -0.4 is 10.6 Å². The van der Waals surface area contributed by atoms with Gasteiger partial charge in [-0.25, -0.2) is 0 Å². The molecule has 1 aliphatic rings. The SMILES string of the molecule is CC(C(=O)NCC1CNC1)c1cccc(Cl)c1.Cl. The van der Waals surface area contributed by atoms with Crippen LogP contribution in [-0.4, -0.2) is 25.5 Å². The van der Waals surface area contributed by atoms with Gasteiger partial charge in [0.1, 0.15) is 0 Å². The van der Waals surface area contributed by atoms with Gasteiger partial charge in [0.2, 0.25) is 5.91 Å². The van der Waals surface area contributed by atoms with Crippen molar-refractivity contribution in [3.05, 3.63) is 34.9 Å². The van der Waals surface area contributed by atoms with Crippen LogP contribution in [0.3, 0.4) is 0 Å². The van der Waals surface area contributed by atoms with Gasteiger partial charge in [-0.3, -0.25) is 4.79 Å². The summed E-state index contributed by atoms with van der Waals surface area (Å²) in [6.45, 7) is 4.68. The Morgan fingerprint density at radius 1 is 1.56 bits per heavy atom. The first-order chi connectivity index (χ1) is 8.16. The van der Waals surface area contributed by atoms with Crippen LogP contribution in [0.25, 0.3) is 0 Å². The van der Waals surface area contributed by atoms with Gasteiger partial charge < -0.3 is 10.6 Å². The van der Waals surface area contributed by atoms with Crippen molar-refractivity contribution in [2.75, 3.05) is 19.6 Å². The highest BCUT2D eigenvalue weighted by atomic mass is 35.5. The molecule has 1 heterocycles. The summed E-state index contributed by atoms with van der Waals surface area (Å²) in [7, 11) is 0. The van der Waals surface area contributed by atoms with Crippen molar-refractivity contribution in [3.8, 4) is 0 Å². The Morgan fingerprint density at radius 3 is 2.83 bits per heavy atom. The lowest BCUT2D eigenvalue weighted by molar-refractivity contribution is -0.122. The zero-order valence-corrected chi connectivity index (χ0v) is 11.9. The Bertz CT molecular complexity index is 408. The van der Waals surface area contributed by atoms with Crippen molar-refractivity contribution in [2.24, 2.45) is 5.92 Å². The number of halogens is 2. The van der Waals surface area contributed by atoms with E-state index in [0.29, 0.717) is 10.9 Å². The molecule has 2 N–H and O–H groups in total. The first-order valence-electron chi connectivity index (χ1n) is 5.90. The summed E-state index contributed by atoms with van der Waals surface area (Å²) in [6.07, 6.45) is 0. The molecule has 1 aromatic rings. The predicted molar refractivity (Wildman–Crippen MR) is 76.5 cm³/mol. The van der Waals surface area contributed by atoms with Gasteiger partial charge in [0, 0.05) is 30.6 Å². The average molecular weight is 289 g/mol. The summed E-state index contributed by atoms with van der Waals surface area (Å²) in [5.41, 5.74) is 0.960. The summed E-state index contributed by atoms with van der Waals surface area (Å²) < 4.78 is 0. The molecule has 0 bridgehead atoms. The van der Waals surface area contributed by atoms with E-state index in [0.717, 1.165) is 25.2 Å². The van der Waals surface area contributed by atoms with E-state index < -0.39 is 0 Å². The lowest BCUT2D eigenvalue weighted by atomic mass is 9.99. The molecule has 5 heteroatoms. The van der Waals surface area contributed by atoms with Gasteiger partial charge in [-0.05, 0) is 24.6 Å². The first-order valence-corrected chi connectivity index (χ1v) is 6.28. The highest BCUT2D eigenvalue weighted by Gasteiger charge is 2.20. The lowest BCUT2D eigenvalue weighted by Gasteiger charge is -2.27. The maximum absolute atomic E-state index is 11.9. The van der Waals surface area contributed by atoms with Crippen molar-refractivity contribution >= 4 is 29.9 Å². The number of nitrogens with one attached hydrogen (secondary N) is 2. The molecule has 0 saturated carbocycles. The molecule has 1 fully saturated rings. The molecule has 0 aromatic heterocycles. The van der Waals surface area contributed by atoms with Crippen molar-refractivity contribution in [3.63, 3.8) is 0 Å². The summed E-state index contributed by atoms with van der Waals surface area (Å²) in [5, 5.41) is 6.84. The fourth-order valence-electron chi connectivity index (χ4n) is 1.82. The fourth-order valence-corrected chi connectivity index (χ4v) is 2.02. The maximum Gasteiger partial charge on any atom is 0.227 e. The van der Waals surface area contributed by atoms with Gasteiger partial charge >= 0.3 is 0 Å². The third-order valence-electron chi connectivity index (χ3n) is 3.17. The second kappa shape index (κ2) is 6.98. The summed E-state index contributed by atoms with van der Waals surface area (Å²) in [5.74, 6) is 0.506. The predicted octanol–water partition coefficient (Wildman–Crippen LogP) is 2.20. The number of rotatable bonds is 4. The summed E-state index contributed by atoms with van der Waals surface area (Å²) in [6, 6.07) is 7.46. The lowest BCUT2D eigenvalue weighted by Crippen LogP contribution is -2.48. The minimum absolute atomic E-state index is 0. The van der Waals surface area contributed by atoms with Crippen molar-refractivity contribution < 1.29 is 4.79 Å². The third-order valence-corrected chi connectivity index (χ3v) is 3.41. The van der Waals surface area contributed by atoms with Gasteiger partial charge in [-0.15, -0.1) is 12.4 Å². The Morgan fingerprint density at radius 2 is 2.28 bits per heavy atom. The zero-order chi connectivity index (χ0) is 12.3. The van der Waals surface area contributed by atoms with E-state index >= 15 is 0 Å². The first kappa shape index (κ1) is 15.3. The smallest absolute Gasteiger partial charge is 0.227 e. The second-order valence-electron chi connectivity index (χ2n) is 4.55. The number of hydrogen-bond acceptors (Lipinski definition) is 2. The minimum atomic E-state index is -0.151. The molecular weight excluding hydrogens is 271 g/mol. The number of benzene rings is 1. The summed E-state index contributed by atoms with van der Waals surface area (Å²) >= 11 is 5.91. The maximum atomic E-state index is 11.9. The largest absolute Gasteiger partial charge is 0.355 e. The minimum Gasteiger partial charge on any atom is -0.355 e. The van der Waals surface area contributed by atoms with Gasteiger partial charge in [0.05, 0.1) is 5.92 Å². The van der Waals surface area contributed by atoms with E-state index in [2.05, 4.69) is 10.6 Å². The molecule has 0 radical (unpaired) electrons. The van der Waals surface area contributed by atoms with Crippen molar-refractivity contribution in [1.82, 2.24) is 10.6 Å². The molecule has 1 saturated heterocycles. The molecule has 18 heavy (non-hydrogen) atoms.